The molecular formula is C24H41N3O5. The van der Waals surface area contributed by atoms with Gasteiger partial charge in [-0.3, -0.25) is 14.4 Å². The fraction of sp³-hybridized carbons (Fsp3) is 0.792. The lowest BCUT2D eigenvalue weighted by molar-refractivity contribution is -0.200. The Hall–Kier alpha value is -1.93. The molecule has 1 saturated heterocycles. The van der Waals surface area contributed by atoms with Gasteiger partial charge in [0.25, 0.3) is 0 Å². The van der Waals surface area contributed by atoms with Gasteiger partial charge in [0, 0.05) is 39.0 Å². The van der Waals surface area contributed by atoms with E-state index in [1.54, 1.807) is 11.9 Å². The summed E-state index contributed by atoms with van der Waals surface area (Å²) in [7, 11) is 1.78. The molecule has 3 atom stereocenters. The molecule has 32 heavy (non-hydrogen) atoms. The molecule has 0 spiro atoms. The monoisotopic (exact) mass is 451 g/mol. The van der Waals surface area contributed by atoms with Gasteiger partial charge in [0.15, 0.2) is 6.29 Å². The van der Waals surface area contributed by atoms with Crippen molar-refractivity contribution in [2.24, 2.45) is 11.8 Å². The maximum atomic E-state index is 13.1. The second-order valence-corrected chi connectivity index (χ2v) is 9.34. The number of nitrogens with one attached hydrogen (secondary N) is 2. The molecule has 0 bridgehead atoms. The average molecular weight is 452 g/mol. The van der Waals surface area contributed by atoms with Gasteiger partial charge >= 0.3 is 0 Å². The molecule has 182 valence electrons. The number of hydrogen-bond acceptors (Lipinski definition) is 5. The Balaban J connectivity index is 2.03. The molecule has 2 heterocycles. The number of carbonyl (C=O) groups excluding carboxylic acids is 3. The highest BCUT2D eigenvalue weighted by Gasteiger charge is 2.29. The smallest absolute Gasteiger partial charge is 0.244 e. The number of hydroxylamine groups is 1. The predicted molar refractivity (Wildman–Crippen MR) is 122 cm³/mol. The summed E-state index contributed by atoms with van der Waals surface area (Å²) < 4.78 is 5.46. The first-order valence-electron chi connectivity index (χ1n) is 12.1. The maximum absolute atomic E-state index is 13.1. The van der Waals surface area contributed by atoms with Crippen LogP contribution in [0.4, 0.5) is 0 Å². The van der Waals surface area contributed by atoms with Crippen molar-refractivity contribution in [3.8, 4) is 0 Å². The number of rotatable bonds is 6. The van der Waals surface area contributed by atoms with Crippen molar-refractivity contribution in [1.82, 2.24) is 15.7 Å². The summed E-state index contributed by atoms with van der Waals surface area (Å²) in [5.74, 6) is -0.934. The number of carbonyl (C=O) groups is 3. The minimum Gasteiger partial charge on any atom is -0.350 e. The van der Waals surface area contributed by atoms with Crippen LogP contribution in [0.15, 0.2) is 12.2 Å². The largest absolute Gasteiger partial charge is 0.350 e. The van der Waals surface area contributed by atoms with Crippen molar-refractivity contribution >= 4 is 17.7 Å². The van der Waals surface area contributed by atoms with Gasteiger partial charge in [0.1, 0.15) is 6.04 Å². The Morgan fingerprint density at radius 3 is 2.62 bits per heavy atom. The molecule has 0 aliphatic carbocycles. The van der Waals surface area contributed by atoms with E-state index in [1.165, 1.54) is 0 Å². The van der Waals surface area contributed by atoms with Crippen LogP contribution >= 0.6 is 0 Å². The number of hydrogen-bond donors (Lipinski definition) is 2. The summed E-state index contributed by atoms with van der Waals surface area (Å²) >= 11 is 0. The first-order chi connectivity index (χ1) is 15.4. The molecule has 0 saturated carbocycles. The van der Waals surface area contributed by atoms with Gasteiger partial charge in [-0.05, 0) is 57.3 Å². The Kier molecular flexibility index (Phi) is 11.7. The van der Waals surface area contributed by atoms with E-state index in [1.807, 2.05) is 13.8 Å². The third kappa shape index (κ3) is 9.69. The van der Waals surface area contributed by atoms with E-state index in [0.717, 1.165) is 44.9 Å². The zero-order valence-corrected chi connectivity index (χ0v) is 19.9. The van der Waals surface area contributed by atoms with Gasteiger partial charge in [0.05, 0.1) is 0 Å². The van der Waals surface area contributed by atoms with Crippen molar-refractivity contribution in [3.63, 3.8) is 0 Å². The third-order valence-electron chi connectivity index (χ3n) is 5.90. The minimum absolute atomic E-state index is 0.0146. The standard InChI is InChI=1S/C24H41N3O5/c1-18(2)16-20-24(30)27(3)14-10-7-5-4-6-8-12-19(23(29)25-20)17-21(28)26-32-22-13-9-11-15-31-22/h4-5,18-20,22H,6-17H2,1-3H3,(H,25,29)(H,26,28)/b5-4+/t19-,20-,22?/m1/s1. The van der Waals surface area contributed by atoms with Crippen LogP contribution in [-0.4, -0.2) is 55.2 Å². The van der Waals surface area contributed by atoms with Crippen molar-refractivity contribution < 1.29 is 24.0 Å². The number of ether oxygens (including phenoxy) is 1. The van der Waals surface area contributed by atoms with Crippen molar-refractivity contribution in [2.75, 3.05) is 20.2 Å². The second kappa shape index (κ2) is 14.3. The number of likely N-dealkylation sites (N-methyl/N-ethyl adjacent to an activating group) is 1. The Bertz CT molecular complexity index is 631. The molecule has 8 nitrogen and oxygen atoms in total. The van der Waals surface area contributed by atoms with Gasteiger partial charge in [-0.15, -0.1) is 0 Å². The summed E-state index contributed by atoms with van der Waals surface area (Å²) in [4.78, 5) is 45.7. The van der Waals surface area contributed by atoms with E-state index < -0.39 is 18.2 Å². The van der Waals surface area contributed by atoms with Crippen LogP contribution in [0, 0.1) is 11.8 Å². The molecule has 2 N–H and O–H groups in total. The van der Waals surface area contributed by atoms with Crippen molar-refractivity contribution in [1.29, 1.82) is 0 Å². The Morgan fingerprint density at radius 1 is 1.19 bits per heavy atom. The molecule has 0 aromatic rings. The quantitative estimate of drug-likeness (QED) is 0.478. The lowest BCUT2D eigenvalue weighted by Gasteiger charge is -2.28. The molecule has 3 amide bonds. The summed E-state index contributed by atoms with van der Waals surface area (Å²) in [5, 5.41) is 2.95. The topological polar surface area (TPSA) is 97.0 Å². The van der Waals surface area contributed by atoms with Gasteiger partial charge in [-0.2, -0.15) is 0 Å². The highest BCUT2D eigenvalue weighted by Crippen LogP contribution is 2.18. The lowest BCUT2D eigenvalue weighted by atomic mass is 9.95. The fourth-order valence-electron chi connectivity index (χ4n) is 4.05. The number of allylic oxidation sites excluding steroid dienone is 2. The summed E-state index contributed by atoms with van der Waals surface area (Å²) in [6.45, 7) is 5.34. The zero-order valence-electron chi connectivity index (χ0n) is 19.9. The molecule has 2 aliphatic rings. The Labute approximate surface area is 192 Å². The number of amides is 3. The SMILES string of the molecule is CC(C)C[C@H]1NC(=O)[C@@H](CC(=O)NOC2CCCCO2)CCC/C=C/CCCN(C)C1=O. The molecule has 1 unspecified atom stereocenters. The number of nitrogens with zero attached hydrogens (tertiary/aromatic N) is 1. The molecular weight excluding hydrogens is 410 g/mol. The molecule has 2 rings (SSSR count). The minimum atomic E-state index is -0.580. The first kappa shape index (κ1) is 26.3. The molecule has 8 heteroatoms. The lowest BCUT2D eigenvalue weighted by Crippen LogP contribution is -2.50. The van der Waals surface area contributed by atoms with E-state index >= 15 is 0 Å². The van der Waals surface area contributed by atoms with Crippen LogP contribution in [-0.2, 0) is 24.0 Å². The maximum Gasteiger partial charge on any atom is 0.244 e. The normalized spacial score (nSPS) is 27.5. The van der Waals surface area contributed by atoms with E-state index in [4.69, 9.17) is 9.57 Å². The molecule has 0 aromatic heterocycles. The van der Waals surface area contributed by atoms with Gasteiger partial charge in [0.2, 0.25) is 17.7 Å². The average Bonchev–Trinajstić information content (AvgIpc) is 2.77. The van der Waals surface area contributed by atoms with E-state index in [9.17, 15) is 14.4 Å². The van der Waals surface area contributed by atoms with Crippen LogP contribution in [0.25, 0.3) is 0 Å². The van der Waals surface area contributed by atoms with Gasteiger partial charge in [-0.1, -0.05) is 26.0 Å². The van der Waals surface area contributed by atoms with E-state index in [0.29, 0.717) is 26.0 Å². The van der Waals surface area contributed by atoms with Crippen molar-refractivity contribution in [3.05, 3.63) is 12.2 Å². The van der Waals surface area contributed by atoms with Gasteiger partial charge < -0.3 is 15.0 Å². The molecule has 0 radical (unpaired) electrons. The van der Waals surface area contributed by atoms with Crippen LogP contribution in [0.5, 0.6) is 0 Å². The first-order valence-corrected chi connectivity index (χ1v) is 12.1. The van der Waals surface area contributed by atoms with Crippen LogP contribution in [0.3, 0.4) is 0 Å². The van der Waals surface area contributed by atoms with Gasteiger partial charge in [-0.25, -0.2) is 10.3 Å². The summed E-state index contributed by atoms with van der Waals surface area (Å²) in [6.07, 6.45) is 11.2. The summed E-state index contributed by atoms with van der Waals surface area (Å²) in [5.41, 5.74) is 2.45. The molecule has 1 fully saturated rings. The van der Waals surface area contributed by atoms with E-state index in [-0.39, 0.29) is 30.1 Å². The Morgan fingerprint density at radius 2 is 1.94 bits per heavy atom. The highest BCUT2D eigenvalue weighted by molar-refractivity contribution is 5.90. The molecule has 0 aromatic carbocycles. The van der Waals surface area contributed by atoms with Crippen LogP contribution < -0.4 is 10.8 Å². The predicted octanol–water partition coefficient (Wildman–Crippen LogP) is 3.08. The van der Waals surface area contributed by atoms with Crippen LogP contribution in [0.1, 0.15) is 78.1 Å². The highest BCUT2D eigenvalue weighted by atomic mass is 16.8. The zero-order chi connectivity index (χ0) is 23.3. The second-order valence-electron chi connectivity index (χ2n) is 9.34. The van der Waals surface area contributed by atoms with Crippen molar-refractivity contribution in [2.45, 2.75) is 90.4 Å². The molecule has 2 aliphatic heterocycles. The van der Waals surface area contributed by atoms with Crippen LogP contribution in [0.2, 0.25) is 0 Å². The van der Waals surface area contributed by atoms with E-state index in [2.05, 4.69) is 22.9 Å². The third-order valence-corrected chi connectivity index (χ3v) is 5.90. The summed E-state index contributed by atoms with van der Waals surface area (Å²) in [6, 6.07) is -0.580. The fourth-order valence-corrected chi connectivity index (χ4v) is 4.05.